The van der Waals surface area contributed by atoms with Gasteiger partial charge in [0.2, 0.25) is 0 Å². The van der Waals surface area contributed by atoms with Crippen molar-refractivity contribution >= 4 is 5.78 Å². The van der Waals surface area contributed by atoms with Crippen LogP contribution in [0.15, 0.2) is 0 Å². The van der Waals surface area contributed by atoms with Gasteiger partial charge in [0.15, 0.2) is 5.78 Å². The third-order valence-corrected chi connectivity index (χ3v) is 1.78. The molecule has 0 radical (unpaired) electrons. The summed E-state index contributed by atoms with van der Waals surface area (Å²) in [7, 11) is 1.53. The van der Waals surface area contributed by atoms with E-state index in [9.17, 15) is 4.79 Å². The number of ether oxygens (including phenoxy) is 1. The van der Waals surface area contributed by atoms with E-state index in [-0.39, 0.29) is 18.3 Å². The molecule has 0 aliphatic carbocycles. The van der Waals surface area contributed by atoms with Crippen LogP contribution in [0.4, 0.5) is 0 Å². The second-order valence-electron chi connectivity index (χ2n) is 3.46. The highest BCUT2D eigenvalue weighted by atomic mass is 16.5. The Balaban J connectivity index is 3.87. The van der Waals surface area contributed by atoms with Crippen molar-refractivity contribution in [2.75, 3.05) is 20.3 Å². The van der Waals surface area contributed by atoms with Gasteiger partial charge in [0.25, 0.3) is 0 Å². The Bertz CT molecular complexity index is 134. The van der Waals surface area contributed by atoms with Crippen molar-refractivity contribution in [2.45, 2.75) is 20.3 Å². The van der Waals surface area contributed by atoms with Crippen LogP contribution in [0.5, 0.6) is 0 Å². The second-order valence-corrected chi connectivity index (χ2v) is 3.46. The standard InChI is InChI=1S/C9H19NO2/c1-7(2)4-8(5-10)9(11)6-12-3/h7-8H,4-6,10H2,1-3H3. The number of nitrogens with two attached hydrogens (primary N) is 1. The van der Waals surface area contributed by atoms with E-state index in [1.54, 1.807) is 0 Å². The van der Waals surface area contributed by atoms with Gasteiger partial charge in [-0.3, -0.25) is 4.79 Å². The van der Waals surface area contributed by atoms with Crippen molar-refractivity contribution < 1.29 is 9.53 Å². The van der Waals surface area contributed by atoms with Crippen LogP contribution in [0.25, 0.3) is 0 Å². The summed E-state index contributed by atoms with van der Waals surface area (Å²) in [6.45, 7) is 4.79. The van der Waals surface area contributed by atoms with Crippen LogP contribution in [-0.2, 0) is 9.53 Å². The number of methoxy groups -OCH3 is 1. The van der Waals surface area contributed by atoms with E-state index in [0.29, 0.717) is 12.5 Å². The minimum absolute atomic E-state index is 0.0232. The molecule has 0 bridgehead atoms. The van der Waals surface area contributed by atoms with Crippen molar-refractivity contribution in [3.63, 3.8) is 0 Å². The number of hydrogen-bond donors (Lipinski definition) is 1. The Morgan fingerprint density at radius 2 is 2.08 bits per heavy atom. The van der Waals surface area contributed by atoms with E-state index in [1.165, 1.54) is 7.11 Å². The summed E-state index contributed by atoms with van der Waals surface area (Å²) in [4.78, 5) is 11.3. The SMILES string of the molecule is COCC(=O)C(CN)CC(C)C. The molecule has 0 saturated carbocycles. The van der Waals surface area contributed by atoms with Crippen LogP contribution in [0.3, 0.4) is 0 Å². The van der Waals surface area contributed by atoms with Gasteiger partial charge < -0.3 is 10.5 Å². The van der Waals surface area contributed by atoms with E-state index in [2.05, 4.69) is 13.8 Å². The maximum atomic E-state index is 11.3. The molecule has 0 aromatic heterocycles. The molecule has 0 aliphatic heterocycles. The number of ketones is 1. The molecule has 0 fully saturated rings. The first kappa shape index (κ1) is 11.6. The van der Waals surface area contributed by atoms with E-state index in [1.807, 2.05) is 0 Å². The van der Waals surface area contributed by atoms with Crippen molar-refractivity contribution in [2.24, 2.45) is 17.6 Å². The predicted octanol–water partition coefficient (Wildman–Crippen LogP) is 0.823. The Morgan fingerprint density at radius 1 is 1.50 bits per heavy atom. The Labute approximate surface area is 74.3 Å². The van der Waals surface area contributed by atoms with E-state index in [0.717, 1.165) is 6.42 Å². The van der Waals surface area contributed by atoms with Crippen LogP contribution >= 0.6 is 0 Å². The summed E-state index contributed by atoms with van der Waals surface area (Å²) >= 11 is 0. The molecular weight excluding hydrogens is 154 g/mol. The second kappa shape index (κ2) is 6.14. The fourth-order valence-corrected chi connectivity index (χ4v) is 1.19. The molecule has 3 heteroatoms. The molecule has 0 aliphatic rings. The highest BCUT2D eigenvalue weighted by Gasteiger charge is 2.17. The fourth-order valence-electron chi connectivity index (χ4n) is 1.19. The maximum Gasteiger partial charge on any atom is 0.162 e. The molecular formula is C9H19NO2. The third kappa shape index (κ3) is 4.46. The minimum Gasteiger partial charge on any atom is -0.377 e. The van der Waals surface area contributed by atoms with Gasteiger partial charge in [-0.15, -0.1) is 0 Å². The molecule has 0 saturated heterocycles. The summed E-state index contributed by atoms with van der Waals surface area (Å²) in [5.74, 6) is 0.609. The van der Waals surface area contributed by atoms with Crippen molar-refractivity contribution in [3.05, 3.63) is 0 Å². The first-order valence-electron chi connectivity index (χ1n) is 4.33. The Morgan fingerprint density at radius 3 is 2.42 bits per heavy atom. The molecule has 0 amide bonds. The first-order valence-corrected chi connectivity index (χ1v) is 4.33. The number of carbonyl (C=O) groups excluding carboxylic acids is 1. The average molecular weight is 173 g/mol. The molecule has 1 unspecified atom stereocenters. The van der Waals surface area contributed by atoms with Gasteiger partial charge in [0, 0.05) is 19.6 Å². The molecule has 0 aromatic rings. The van der Waals surface area contributed by atoms with Crippen LogP contribution in [-0.4, -0.2) is 26.0 Å². The zero-order chi connectivity index (χ0) is 9.56. The summed E-state index contributed by atoms with van der Waals surface area (Å²) in [6.07, 6.45) is 0.860. The van der Waals surface area contributed by atoms with Gasteiger partial charge in [0.1, 0.15) is 6.61 Å². The molecule has 0 rings (SSSR count). The first-order chi connectivity index (χ1) is 5.61. The van der Waals surface area contributed by atoms with Crippen molar-refractivity contribution in [3.8, 4) is 0 Å². The lowest BCUT2D eigenvalue weighted by Crippen LogP contribution is -2.28. The van der Waals surface area contributed by atoms with Gasteiger partial charge in [-0.2, -0.15) is 0 Å². The summed E-state index contributed by atoms with van der Waals surface area (Å²) in [5, 5.41) is 0. The summed E-state index contributed by atoms with van der Waals surface area (Å²) in [6, 6.07) is 0. The lowest BCUT2D eigenvalue weighted by Gasteiger charge is -2.14. The van der Waals surface area contributed by atoms with Crippen molar-refractivity contribution in [1.82, 2.24) is 0 Å². The predicted molar refractivity (Wildman–Crippen MR) is 48.9 cm³/mol. The summed E-state index contributed by atoms with van der Waals surface area (Å²) < 4.78 is 4.76. The molecule has 0 heterocycles. The van der Waals surface area contributed by atoms with E-state index < -0.39 is 0 Å². The van der Waals surface area contributed by atoms with Crippen LogP contribution in [0.2, 0.25) is 0 Å². The number of rotatable bonds is 6. The lowest BCUT2D eigenvalue weighted by atomic mass is 9.94. The smallest absolute Gasteiger partial charge is 0.162 e. The quantitative estimate of drug-likeness (QED) is 0.647. The van der Waals surface area contributed by atoms with Crippen molar-refractivity contribution in [1.29, 1.82) is 0 Å². The summed E-state index contributed by atoms with van der Waals surface area (Å²) in [5.41, 5.74) is 5.48. The van der Waals surface area contributed by atoms with Crippen LogP contribution in [0.1, 0.15) is 20.3 Å². The Hall–Kier alpha value is -0.410. The van der Waals surface area contributed by atoms with E-state index in [4.69, 9.17) is 10.5 Å². The molecule has 12 heavy (non-hydrogen) atoms. The average Bonchev–Trinajstić information content (AvgIpc) is 2.00. The molecule has 1 atom stereocenters. The van der Waals surface area contributed by atoms with E-state index >= 15 is 0 Å². The third-order valence-electron chi connectivity index (χ3n) is 1.78. The maximum absolute atomic E-state index is 11.3. The molecule has 72 valence electrons. The lowest BCUT2D eigenvalue weighted by molar-refractivity contribution is -0.126. The fraction of sp³-hybridized carbons (Fsp3) is 0.889. The zero-order valence-corrected chi connectivity index (χ0v) is 8.17. The van der Waals surface area contributed by atoms with Gasteiger partial charge >= 0.3 is 0 Å². The van der Waals surface area contributed by atoms with Gasteiger partial charge in [-0.05, 0) is 12.3 Å². The topological polar surface area (TPSA) is 52.3 Å². The number of Topliss-reactive ketones (excluding diaryl/α,β-unsaturated/α-hetero) is 1. The largest absolute Gasteiger partial charge is 0.377 e. The highest BCUT2D eigenvalue weighted by molar-refractivity contribution is 5.82. The minimum atomic E-state index is -0.0232. The molecule has 3 nitrogen and oxygen atoms in total. The molecule has 0 spiro atoms. The van der Waals surface area contributed by atoms with Gasteiger partial charge in [0.05, 0.1) is 0 Å². The number of carbonyl (C=O) groups is 1. The van der Waals surface area contributed by atoms with Gasteiger partial charge in [-0.1, -0.05) is 13.8 Å². The van der Waals surface area contributed by atoms with Crippen LogP contribution in [0, 0.1) is 11.8 Å². The monoisotopic (exact) mass is 173 g/mol. The highest BCUT2D eigenvalue weighted by Crippen LogP contribution is 2.11. The molecule has 2 N–H and O–H groups in total. The normalized spacial score (nSPS) is 13.4. The Kier molecular flexibility index (Phi) is 5.93. The molecule has 0 aromatic carbocycles. The zero-order valence-electron chi connectivity index (χ0n) is 8.17. The van der Waals surface area contributed by atoms with Gasteiger partial charge in [-0.25, -0.2) is 0 Å². The number of hydrogen-bond acceptors (Lipinski definition) is 3. The van der Waals surface area contributed by atoms with Crippen LogP contribution < -0.4 is 5.73 Å².